The van der Waals surface area contributed by atoms with Crippen molar-refractivity contribution in [3.8, 4) is 11.6 Å². The van der Waals surface area contributed by atoms with Gasteiger partial charge in [0, 0.05) is 6.54 Å². The average Bonchev–Trinajstić information content (AvgIpc) is 2.44. The molecule has 0 aliphatic rings. The van der Waals surface area contributed by atoms with Crippen molar-refractivity contribution in [3.63, 3.8) is 0 Å². The average molecular weight is 267 g/mol. The van der Waals surface area contributed by atoms with Crippen molar-refractivity contribution in [1.29, 1.82) is 0 Å². The van der Waals surface area contributed by atoms with Crippen molar-refractivity contribution in [2.45, 2.75) is 46.0 Å². The highest BCUT2D eigenvalue weighted by Crippen LogP contribution is 2.30. The fraction of sp³-hybridized carbons (Fsp3) is 0.714. The lowest BCUT2D eigenvalue weighted by Crippen LogP contribution is -2.07. The van der Waals surface area contributed by atoms with E-state index in [4.69, 9.17) is 9.47 Å². The molecular formula is C14H25N3O2. The lowest BCUT2D eigenvalue weighted by Gasteiger charge is -2.13. The molecule has 0 bridgehead atoms. The molecule has 0 spiro atoms. The summed E-state index contributed by atoms with van der Waals surface area (Å²) in [6, 6.07) is 0. The second-order valence-corrected chi connectivity index (χ2v) is 4.40. The Morgan fingerprint density at radius 1 is 1.11 bits per heavy atom. The van der Waals surface area contributed by atoms with E-state index in [1.165, 1.54) is 25.6 Å². The molecule has 108 valence electrons. The van der Waals surface area contributed by atoms with Gasteiger partial charge in [-0.1, -0.05) is 33.1 Å². The van der Waals surface area contributed by atoms with Gasteiger partial charge >= 0.3 is 0 Å². The molecule has 19 heavy (non-hydrogen) atoms. The van der Waals surface area contributed by atoms with Crippen LogP contribution in [0.2, 0.25) is 0 Å². The third kappa shape index (κ3) is 5.32. The molecule has 0 amide bonds. The third-order valence-corrected chi connectivity index (χ3v) is 2.75. The molecule has 1 aromatic heterocycles. The smallest absolute Gasteiger partial charge is 0.262 e. The Morgan fingerprint density at radius 2 is 1.95 bits per heavy atom. The predicted octanol–water partition coefficient (Wildman–Crippen LogP) is 3.27. The third-order valence-electron chi connectivity index (χ3n) is 2.75. The van der Waals surface area contributed by atoms with Crippen LogP contribution in [-0.4, -0.2) is 30.2 Å². The molecule has 0 aliphatic carbocycles. The minimum absolute atomic E-state index is 0.521. The summed E-state index contributed by atoms with van der Waals surface area (Å²) in [5.41, 5.74) is 0. The Morgan fingerprint density at radius 3 is 2.63 bits per heavy atom. The maximum absolute atomic E-state index is 5.68. The monoisotopic (exact) mass is 267 g/mol. The standard InChI is InChI=1S/C14H25N3O2/c1-4-6-7-8-10-19-14-12(18-3)13(15-9-5-2)16-11-17-14/h11H,4-10H2,1-3H3,(H,15,16,17). The van der Waals surface area contributed by atoms with Crippen LogP contribution in [0, 0.1) is 0 Å². The summed E-state index contributed by atoms with van der Waals surface area (Å²) in [5, 5.41) is 3.21. The van der Waals surface area contributed by atoms with E-state index < -0.39 is 0 Å². The van der Waals surface area contributed by atoms with Crippen molar-refractivity contribution < 1.29 is 9.47 Å². The highest BCUT2D eigenvalue weighted by Gasteiger charge is 2.12. The van der Waals surface area contributed by atoms with Gasteiger partial charge in [-0.25, -0.2) is 4.98 Å². The van der Waals surface area contributed by atoms with Crippen molar-refractivity contribution in [1.82, 2.24) is 9.97 Å². The summed E-state index contributed by atoms with van der Waals surface area (Å²) in [7, 11) is 1.61. The summed E-state index contributed by atoms with van der Waals surface area (Å²) in [4.78, 5) is 8.32. The van der Waals surface area contributed by atoms with Gasteiger partial charge in [-0.2, -0.15) is 4.98 Å². The highest BCUT2D eigenvalue weighted by molar-refractivity contribution is 5.54. The fourth-order valence-electron chi connectivity index (χ4n) is 1.71. The zero-order valence-corrected chi connectivity index (χ0v) is 12.2. The highest BCUT2D eigenvalue weighted by atomic mass is 16.5. The van der Waals surface area contributed by atoms with Gasteiger partial charge in [0.2, 0.25) is 5.75 Å². The largest absolute Gasteiger partial charge is 0.489 e. The number of hydrogen-bond donors (Lipinski definition) is 1. The lowest BCUT2D eigenvalue weighted by molar-refractivity contribution is 0.273. The first-order valence-corrected chi connectivity index (χ1v) is 7.09. The van der Waals surface area contributed by atoms with Gasteiger partial charge in [0.1, 0.15) is 6.33 Å². The Balaban J connectivity index is 2.56. The molecule has 0 aromatic carbocycles. The maximum atomic E-state index is 5.68. The molecule has 5 heteroatoms. The summed E-state index contributed by atoms with van der Waals surface area (Å²) in [6.07, 6.45) is 7.22. The van der Waals surface area contributed by atoms with E-state index in [1.807, 2.05) is 0 Å². The Hall–Kier alpha value is -1.52. The molecule has 1 N–H and O–H groups in total. The van der Waals surface area contributed by atoms with E-state index in [1.54, 1.807) is 7.11 Å². The van der Waals surface area contributed by atoms with E-state index >= 15 is 0 Å². The number of nitrogens with one attached hydrogen (secondary N) is 1. The van der Waals surface area contributed by atoms with Crippen LogP contribution in [0.3, 0.4) is 0 Å². The molecule has 5 nitrogen and oxygen atoms in total. The SMILES string of the molecule is CCCCCCOc1ncnc(NCCC)c1OC. The lowest BCUT2D eigenvalue weighted by atomic mass is 10.2. The Bertz CT molecular complexity index is 359. The van der Waals surface area contributed by atoms with Crippen LogP contribution in [0.25, 0.3) is 0 Å². The molecule has 1 aromatic rings. The zero-order chi connectivity index (χ0) is 13.9. The van der Waals surface area contributed by atoms with Crippen LogP contribution in [0.1, 0.15) is 46.0 Å². The second-order valence-electron chi connectivity index (χ2n) is 4.40. The van der Waals surface area contributed by atoms with Gasteiger partial charge in [-0.15, -0.1) is 0 Å². The zero-order valence-electron chi connectivity index (χ0n) is 12.2. The van der Waals surface area contributed by atoms with Crippen LogP contribution < -0.4 is 14.8 Å². The Kier molecular flexibility index (Phi) is 7.70. The summed E-state index contributed by atoms with van der Waals surface area (Å²) in [5.74, 6) is 1.81. The van der Waals surface area contributed by atoms with Crippen molar-refractivity contribution >= 4 is 5.82 Å². The summed E-state index contributed by atoms with van der Waals surface area (Å²) in [6.45, 7) is 5.82. The first-order valence-electron chi connectivity index (χ1n) is 7.09. The van der Waals surface area contributed by atoms with Gasteiger partial charge in [-0.05, 0) is 12.8 Å². The van der Waals surface area contributed by atoms with E-state index in [0.717, 1.165) is 19.4 Å². The summed E-state index contributed by atoms with van der Waals surface area (Å²) >= 11 is 0. The summed E-state index contributed by atoms with van der Waals surface area (Å²) < 4.78 is 11.0. The maximum Gasteiger partial charge on any atom is 0.262 e. The van der Waals surface area contributed by atoms with Crippen LogP contribution in [0.15, 0.2) is 6.33 Å². The number of nitrogens with zero attached hydrogens (tertiary/aromatic N) is 2. The first-order chi connectivity index (χ1) is 9.33. The fourth-order valence-corrected chi connectivity index (χ4v) is 1.71. The van der Waals surface area contributed by atoms with Gasteiger partial charge in [0.15, 0.2) is 5.82 Å². The molecule has 0 aliphatic heterocycles. The molecule has 1 rings (SSSR count). The van der Waals surface area contributed by atoms with Gasteiger partial charge in [0.05, 0.1) is 13.7 Å². The molecular weight excluding hydrogens is 242 g/mol. The number of aromatic nitrogens is 2. The molecule has 0 saturated heterocycles. The second kappa shape index (κ2) is 9.42. The van der Waals surface area contributed by atoms with E-state index in [0.29, 0.717) is 24.1 Å². The minimum Gasteiger partial charge on any atom is -0.489 e. The first kappa shape index (κ1) is 15.5. The van der Waals surface area contributed by atoms with E-state index in [9.17, 15) is 0 Å². The molecule has 0 unspecified atom stereocenters. The normalized spacial score (nSPS) is 10.3. The number of unbranched alkanes of at least 4 members (excludes halogenated alkanes) is 3. The molecule has 0 atom stereocenters. The predicted molar refractivity (Wildman–Crippen MR) is 77.0 cm³/mol. The molecule has 0 fully saturated rings. The molecule has 0 radical (unpaired) electrons. The Labute approximate surface area is 115 Å². The van der Waals surface area contributed by atoms with Crippen LogP contribution in [0.4, 0.5) is 5.82 Å². The van der Waals surface area contributed by atoms with Gasteiger partial charge in [0.25, 0.3) is 5.88 Å². The van der Waals surface area contributed by atoms with Crippen LogP contribution in [-0.2, 0) is 0 Å². The van der Waals surface area contributed by atoms with Crippen molar-refractivity contribution in [3.05, 3.63) is 6.33 Å². The van der Waals surface area contributed by atoms with Gasteiger partial charge in [-0.3, -0.25) is 0 Å². The quantitative estimate of drug-likeness (QED) is 0.659. The number of anilines is 1. The minimum atomic E-state index is 0.521. The molecule has 1 heterocycles. The van der Waals surface area contributed by atoms with Crippen molar-refractivity contribution in [2.75, 3.05) is 25.6 Å². The molecule has 0 saturated carbocycles. The number of hydrogen-bond acceptors (Lipinski definition) is 5. The van der Waals surface area contributed by atoms with E-state index in [2.05, 4.69) is 29.1 Å². The number of ether oxygens (including phenoxy) is 2. The van der Waals surface area contributed by atoms with Crippen LogP contribution in [0.5, 0.6) is 11.6 Å². The number of rotatable bonds is 10. The van der Waals surface area contributed by atoms with Gasteiger partial charge < -0.3 is 14.8 Å². The van der Waals surface area contributed by atoms with Crippen LogP contribution >= 0.6 is 0 Å². The van der Waals surface area contributed by atoms with E-state index in [-0.39, 0.29) is 0 Å². The van der Waals surface area contributed by atoms with Crippen molar-refractivity contribution in [2.24, 2.45) is 0 Å². The number of methoxy groups -OCH3 is 1. The topological polar surface area (TPSA) is 56.3 Å².